The molecule has 39 heavy (non-hydrogen) atoms. The molecule has 2 saturated carbocycles. The Bertz CT molecular complexity index is 1220. The van der Waals surface area contributed by atoms with Crippen LogP contribution in [-0.4, -0.2) is 55.9 Å². The van der Waals surface area contributed by atoms with Crippen LogP contribution < -0.4 is 0 Å². The zero-order chi connectivity index (χ0) is 29.5. The van der Waals surface area contributed by atoms with Crippen LogP contribution in [0.25, 0.3) is 0 Å². The van der Waals surface area contributed by atoms with Crippen LogP contribution in [-0.2, 0) is 23.9 Å². The van der Waals surface area contributed by atoms with Crippen LogP contribution in [0.5, 0.6) is 0 Å². The van der Waals surface area contributed by atoms with E-state index in [0.717, 1.165) is 5.57 Å². The molecule has 0 bridgehead atoms. The number of ether oxygens (including phenoxy) is 1. The fraction of sp³-hybridized carbons (Fsp3) is 0.677. The molecular weight excluding hydrogens is 500 g/mol. The van der Waals surface area contributed by atoms with Gasteiger partial charge < -0.3 is 20.1 Å². The van der Waals surface area contributed by atoms with E-state index in [1.807, 2.05) is 19.9 Å². The van der Waals surface area contributed by atoms with Gasteiger partial charge in [-0.15, -0.1) is 0 Å². The van der Waals surface area contributed by atoms with E-state index in [1.165, 1.54) is 32.1 Å². The third-order valence-corrected chi connectivity index (χ3v) is 10.5. The van der Waals surface area contributed by atoms with Crippen LogP contribution in [0, 0.1) is 39.9 Å². The van der Waals surface area contributed by atoms with Crippen molar-refractivity contribution in [2.75, 3.05) is 0 Å². The van der Waals surface area contributed by atoms with Crippen LogP contribution in [0.4, 0.5) is 0 Å². The van der Waals surface area contributed by atoms with Gasteiger partial charge in [0.1, 0.15) is 17.0 Å². The topological polar surface area (TPSA) is 138 Å². The number of hydrogen-bond donors (Lipinski definition) is 3. The number of hydrogen-bond acceptors (Lipinski definition) is 8. The quantitative estimate of drug-likeness (QED) is 0.271. The maximum atomic E-state index is 13.9. The minimum Gasteiger partial charge on any atom is -0.505 e. The normalized spacial score (nSPS) is 39.2. The second-order valence-electron chi connectivity index (χ2n) is 13.8. The molecule has 3 N–H and O–H groups in total. The highest BCUT2D eigenvalue weighted by molar-refractivity contribution is 6.01. The number of rotatable bonds is 5. The van der Waals surface area contributed by atoms with Crippen LogP contribution in [0.3, 0.4) is 0 Å². The van der Waals surface area contributed by atoms with Gasteiger partial charge in [-0.05, 0) is 82.4 Å². The van der Waals surface area contributed by atoms with Gasteiger partial charge in [-0.2, -0.15) is 0 Å². The monoisotopic (exact) mass is 542 g/mol. The van der Waals surface area contributed by atoms with Crippen molar-refractivity contribution < 1.29 is 39.2 Å². The van der Waals surface area contributed by atoms with Crippen LogP contribution in [0.15, 0.2) is 35.6 Å². The summed E-state index contributed by atoms with van der Waals surface area (Å²) in [5, 5.41) is 33.6. The average molecular weight is 543 g/mol. The number of carbonyl (C=O) groups excluding carboxylic acids is 4. The molecule has 0 aromatic rings. The molecule has 4 aliphatic carbocycles. The minimum atomic E-state index is -1.99. The van der Waals surface area contributed by atoms with E-state index in [0.29, 0.717) is 12.8 Å². The highest BCUT2D eigenvalue weighted by atomic mass is 16.6. The van der Waals surface area contributed by atoms with E-state index >= 15 is 0 Å². The molecule has 0 aromatic carbocycles. The summed E-state index contributed by atoms with van der Waals surface area (Å²) in [5.74, 6) is -3.93. The summed E-state index contributed by atoms with van der Waals surface area (Å²) in [6.07, 6.45) is 5.94. The molecule has 0 radical (unpaired) electrons. The summed E-state index contributed by atoms with van der Waals surface area (Å²) in [4.78, 5) is 51.4. The molecular formula is C31H42O8. The highest BCUT2D eigenvalue weighted by Gasteiger charge is 2.71. The second kappa shape index (κ2) is 8.96. The molecule has 4 rings (SSSR count). The van der Waals surface area contributed by atoms with E-state index in [2.05, 4.69) is 0 Å². The van der Waals surface area contributed by atoms with Crippen molar-refractivity contribution in [3.8, 4) is 0 Å². The van der Waals surface area contributed by atoms with Crippen molar-refractivity contribution in [2.45, 2.75) is 92.0 Å². The van der Waals surface area contributed by atoms with Crippen molar-refractivity contribution in [3.63, 3.8) is 0 Å². The van der Waals surface area contributed by atoms with Gasteiger partial charge in [-0.25, -0.2) is 0 Å². The first-order chi connectivity index (χ1) is 17.7. The van der Waals surface area contributed by atoms with Crippen molar-refractivity contribution in [1.82, 2.24) is 0 Å². The zero-order valence-electron chi connectivity index (χ0n) is 24.2. The Morgan fingerprint density at radius 2 is 1.72 bits per heavy atom. The van der Waals surface area contributed by atoms with Crippen LogP contribution in [0.1, 0.15) is 74.7 Å². The molecule has 0 aliphatic heterocycles. The standard InChI is InChI=1S/C31H42O8/c1-16(32)39-27(2,3)12-11-23(36)31(8,38)25-22(35)15-29(6)19-10-9-18-17(13-20(33)26(37)28(18,4)5)24(19)21(34)14-30(25,29)7/h9,11-13,17,19,22,24-25,33,35,38H,10,14-15H2,1-8H3/b12-11+/t17-,19-,22-,24+,25+,29+,30-,31+/m1/s1. The Balaban J connectivity index is 1.72. The molecule has 0 heterocycles. The number of ketones is 3. The van der Waals surface area contributed by atoms with Gasteiger partial charge in [-0.3, -0.25) is 19.2 Å². The van der Waals surface area contributed by atoms with Crippen molar-refractivity contribution in [1.29, 1.82) is 0 Å². The van der Waals surface area contributed by atoms with Crippen LogP contribution in [0.2, 0.25) is 0 Å². The van der Waals surface area contributed by atoms with Crippen molar-refractivity contribution in [2.24, 2.45) is 39.9 Å². The molecule has 8 nitrogen and oxygen atoms in total. The summed E-state index contributed by atoms with van der Waals surface area (Å²) in [5.41, 5.74) is -4.66. The summed E-state index contributed by atoms with van der Waals surface area (Å²) in [6.45, 7) is 13.3. The van der Waals surface area contributed by atoms with E-state index < -0.39 is 63.1 Å². The Hall–Kier alpha value is -2.58. The third-order valence-electron chi connectivity index (χ3n) is 10.5. The zero-order valence-corrected chi connectivity index (χ0v) is 24.2. The molecule has 4 aliphatic rings. The Kier molecular flexibility index (Phi) is 6.76. The summed E-state index contributed by atoms with van der Waals surface area (Å²) in [6, 6.07) is 0. The van der Waals surface area contributed by atoms with Gasteiger partial charge in [0.15, 0.2) is 11.5 Å². The first-order valence-electron chi connectivity index (χ1n) is 13.7. The highest BCUT2D eigenvalue weighted by Crippen LogP contribution is 2.70. The van der Waals surface area contributed by atoms with Crippen LogP contribution >= 0.6 is 0 Å². The predicted octanol–water partition coefficient (Wildman–Crippen LogP) is 3.80. The predicted molar refractivity (Wildman–Crippen MR) is 143 cm³/mol. The van der Waals surface area contributed by atoms with Gasteiger partial charge in [0.05, 0.1) is 11.5 Å². The van der Waals surface area contributed by atoms with Gasteiger partial charge in [-0.1, -0.05) is 25.5 Å². The third kappa shape index (κ3) is 4.26. The molecule has 0 unspecified atom stereocenters. The van der Waals surface area contributed by atoms with Gasteiger partial charge in [0.25, 0.3) is 0 Å². The lowest BCUT2D eigenvalue weighted by atomic mass is 9.44. The van der Waals surface area contributed by atoms with Crippen molar-refractivity contribution >= 4 is 23.3 Å². The first kappa shape index (κ1) is 29.4. The molecule has 0 aromatic heterocycles. The molecule has 0 amide bonds. The van der Waals surface area contributed by atoms with Gasteiger partial charge in [0, 0.05) is 31.1 Å². The summed E-state index contributed by atoms with van der Waals surface area (Å²) >= 11 is 0. The lowest BCUT2D eigenvalue weighted by Crippen LogP contribution is -2.60. The molecule has 0 saturated heterocycles. The molecule has 214 valence electrons. The Labute approximate surface area is 230 Å². The number of Topliss-reactive ketones (excluding diaryl/α,β-unsaturated/α-hetero) is 2. The van der Waals surface area contributed by atoms with Gasteiger partial charge >= 0.3 is 5.97 Å². The van der Waals surface area contributed by atoms with Crippen molar-refractivity contribution in [3.05, 3.63) is 35.6 Å². The minimum absolute atomic E-state index is 0.0469. The smallest absolute Gasteiger partial charge is 0.303 e. The van der Waals surface area contributed by atoms with E-state index in [9.17, 15) is 34.5 Å². The Morgan fingerprint density at radius 3 is 2.31 bits per heavy atom. The number of allylic oxidation sites excluding steroid dienone is 4. The van der Waals surface area contributed by atoms with E-state index in [4.69, 9.17) is 4.74 Å². The lowest BCUT2D eigenvalue weighted by Gasteiger charge is -2.59. The van der Waals surface area contributed by atoms with E-state index in [-0.39, 0.29) is 29.7 Å². The summed E-state index contributed by atoms with van der Waals surface area (Å²) in [7, 11) is 0. The van der Waals surface area contributed by atoms with Gasteiger partial charge in [0.2, 0.25) is 5.78 Å². The average Bonchev–Trinajstić information content (AvgIpc) is 3.00. The SMILES string of the molecule is CC(=O)OC(C)(C)/C=C/C(=O)[C@](C)(O)[C@H]1[C@H](O)C[C@@]2(C)[C@@H]3CC=C4[C@@H](C=C(O)C(=O)C4(C)C)[C@@H]3C(=O)C[C@]12C. The molecule has 2 fully saturated rings. The first-order valence-corrected chi connectivity index (χ1v) is 13.7. The fourth-order valence-corrected chi connectivity index (χ4v) is 8.55. The largest absolute Gasteiger partial charge is 0.505 e. The molecule has 0 spiro atoms. The number of fused-ring (bicyclic) bond motifs is 5. The number of carbonyl (C=O) groups is 4. The maximum Gasteiger partial charge on any atom is 0.303 e. The molecule has 8 atom stereocenters. The van der Waals surface area contributed by atoms with E-state index in [1.54, 1.807) is 27.7 Å². The number of esters is 1. The lowest BCUT2D eigenvalue weighted by molar-refractivity contribution is -0.167. The number of aliphatic hydroxyl groups is 3. The Morgan fingerprint density at radius 1 is 1.10 bits per heavy atom. The summed E-state index contributed by atoms with van der Waals surface area (Å²) < 4.78 is 5.21. The second-order valence-corrected chi connectivity index (χ2v) is 13.8. The molecule has 8 heteroatoms. The number of aliphatic hydroxyl groups excluding tert-OH is 2. The fourth-order valence-electron chi connectivity index (χ4n) is 8.55. The maximum absolute atomic E-state index is 13.9.